The third kappa shape index (κ3) is 2.96. The van der Waals surface area contributed by atoms with Gasteiger partial charge in [0, 0.05) is 17.4 Å². The molecule has 124 valence electrons. The Morgan fingerprint density at radius 2 is 1.77 bits per heavy atom. The zero-order valence-corrected chi connectivity index (χ0v) is 13.7. The van der Waals surface area contributed by atoms with Crippen molar-refractivity contribution in [2.45, 2.75) is 64.7 Å². The van der Waals surface area contributed by atoms with Crippen molar-refractivity contribution in [1.29, 1.82) is 0 Å². The Hall–Kier alpha value is -0.860. The van der Waals surface area contributed by atoms with Crippen molar-refractivity contribution in [1.82, 2.24) is 0 Å². The van der Waals surface area contributed by atoms with Crippen LogP contribution >= 0.6 is 0 Å². The van der Waals surface area contributed by atoms with E-state index in [0.717, 1.165) is 43.4 Å². The van der Waals surface area contributed by atoms with Crippen molar-refractivity contribution in [2.24, 2.45) is 29.1 Å². The predicted octanol–water partition coefficient (Wildman–Crippen LogP) is 4.99. The highest BCUT2D eigenvalue weighted by molar-refractivity contribution is 5.95. The number of halogens is 1. The van der Waals surface area contributed by atoms with Crippen molar-refractivity contribution < 1.29 is 14.3 Å². The van der Waals surface area contributed by atoms with E-state index < -0.39 is 0 Å². The first-order valence-corrected chi connectivity index (χ1v) is 9.07. The maximum Gasteiger partial charge on any atom is 0.165 e. The van der Waals surface area contributed by atoms with Crippen LogP contribution in [-0.4, -0.2) is 17.6 Å². The molecule has 0 heterocycles. The second-order valence-electron chi connectivity index (χ2n) is 8.07. The maximum absolute atomic E-state index is 12.9. The number of aliphatic hydroxyl groups excluding tert-OH is 1. The number of rotatable bonds is 7. The molecule has 0 aliphatic heterocycles. The molecule has 1 atom stereocenters. The van der Waals surface area contributed by atoms with E-state index in [1.165, 1.54) is 25.3 Å². The van der Waals surface area contributed by atoms with Gasteiger partial charge in [-0.3, -0.25) is 9.18 Å². The lowest BCUT2D eigenvalue weighted by Gasteiger charge is -2.55. The van der Waals surface area contributed by atoms with Crippen molar-refractivity contribution in [2.75, 3.05) is 6.67 Å². The molecule has 4 saturated carbocycles. The van der Waals surface area contributed by atoms with Crippen LogP contribution in [0, 0.1) is 29.1 Å². The summed E-state index contributed by atoms with van der Waals surface area (Å²) in [6.45, 7) is 1.63. The number of allylic oxidation sites excluding steroid dienone is 2. The number of ketones is 1. The number of hydrogen-bond donors (Lipinski definition) is 1. The normalized spacial score (nSPS) is 38.3. The first-order chi connectivity index (χ1) is 10.6. The molecule has 22 heavy (non-hydrogen) atoms. The molecular weight excluding hydrogens is 279 g/mol. The number of alkyl halides is 1. The van der Waals surface area contributed by atoms with E-state index in [4.69, 9.17) is 0 Å². The zero-order chi connectivity index (χ0) is 15.7. The second-order valence-corrected chi connectivity index (χ2v) is 8.07. The molecule has 0 spiro atoms. The minimum absolute atomic E-state index is 0.0615. The molecule has 3 heteroatoms. The largest absolute Gasteiger partial charge is 0.512 e. The van der Waals surface area contributed by atoms with Crippen molar-refractivity contribution in [3.8, 4) is 0 Å². The van der Waals surface area contributed by atoms with Crippen LogP contribution in [-0.2, 0) is 4.79 Å². The van der Waals surface area contributed by atoms with Gasteiger partial charge in [-0.1, -0.05) is 6.92 Å². The van der Waals surface area contributed by atoms with Gasteiger partial charge in [0.2, 0.25) is 0 Å². The lowest BCUT2D eigenvalue weighted by atomic mass is 9.48. The van der Waals surface area contributed by atoms with E-state index in [9.17, 15) is 14.3 Å². The average Bonchev–Trinajstić information content (AvgIpc) is 2.46. The minimum atomic E-state index is -0.354. The summed E-state index contributed by atoms with van der Waals surface area (Å²) < 4.78 is 12.4. The monoisotopic (exact) mass is 308 g/mol. The SMILES string of the molecule is CCC(CCCF)/C(O)=C/C(=O)C12CC3CC(CC(C3)C1)C2. The molecule has 4 rings (SSSR count). The highest BCUT2D eigenvalue weighted by atomic mass is 19.1. The van der Waals surface area contributed by atoms with Crippen LogP contribution in [0.2, 0.25) is 0 Å². The lowest BCUT2D eigenvalue weighted by Crippen LogP contribution is -2.49. The molecule has 4 aliphatic carbocycles. The summed E-state index contributed by atoms with van der Waals surface area (Å²) in [5.74, 6) is 2.49. The Labute approximate surface area is 133 Å². The molecule has 2 nitrogen and oxygen atoms in total. The maximum atomic E-state index is 12.9. The fourth-order valence-electron chi connectivity index (χ4n) is 5.70. The fourth-order valence-corrected chi connectivity index (χ4v) is 5.70. The Morgan fingerprint density at radius 1 is 1.23 bits per heavy atom. The summed E-state index contributed by atoms with van der Waals surface area (Å²) in [7, 11) is 0. The molecule has 1 N–H and O–H groups in total. The van der Waals surface area contributed by atoms with Gasteiger partial charge in [0.1, 0.15) is 0 Å². The van der Waals surface area contributed by atoms with Crippen molar-refractivity contribution >= 4 is 5.78 Å². The second kappa shape index (κ2) is 6.33. The summed E-state index contributed by atoms with van der Waals surface area (Å²) >= 11 is 0. The molecule has 4 fully saturated rings. The molecule has 0 amide bonds. The Kier molecular flexibility index (Phi) is 4.61. The first kappa shape index (κ1) is 16.0. The number of carbonyl (C=O) groups excluding carboxylic acids is 1. The fraction of sp³-hybridized carbons (Fsp3) is 0.842. The Balaban J connectivity index is 1.71. The van der Waals surface area contributed by atoms with Crippen LogP contribution in [0.4, 0.5) is 4.39 Å². The third-order valence-electron chi connectivity index (χ3n) is 6.44. The van der Waals surface area contributed by atoms with Gasteiger partial charge in [0.25, 0.3) is 0 Å². The van der Waals surface area contributed by atoms with Gasteiger partial charge in [-0.05, 0) is 75.5 Å². The van der Waals surface area contributed by atoms with E-state index >= 15 is 0 Å². The Bertz CT molecular complexity index is 419. The smallest absolute Gasteiger partial charge is 0.165 e. The van der Waals surface area contributed by atoms with E-state index in [0.29, 0.717) is 12.8 Å². The molecule has 0 aromatic rings. The molecule has 4 aliphatic rings. The van der Waals surface area contributed by atoms with E-state index in [-0.39, 0.29) is 29.5 Å². The van der Waals surface area contributed by atoms with Crippen LogP contribution in [0.1, 0.15) is 64.7 Å². The lowest BCUT2D eigenvalue weighted by molar-refractivity contribution is -0.138. The van der Waals surface area contributed by atoms with E-state index in [2.05, 4.69) is 0 Å². The standard InChI is InChI=1S/C19H29FO2/c1-2-16(4-3-5-20)17(21)9-18(22)19-10-13-6-14(11-19)8-15(7-13)12-19/h9,13-16,21H,2-8,10-12H2,1H3/b17-9-. The van der Waals surface area contributed by atoms with Crippen LogP contribution in [0.3, 0.4) is 0 Å². The molecule has 0 aromatic carbocycles. The molecule has 0 saturated heterocycles. The molecule has 0 radical (unpaired) electrons. The first-order valence-electron chi connectivity index (χ1n) is 9.07. The van der Waals surface area contributed by atoms with Gasteiger partial charge >= 0.3 is 0 Å². The number of carbonyl (C=O) groups is 1. The molecule has 1 unspecified atom stereocenters. The summed E-state index contributed by atoms with van der Waals surface area (Å²) in [5.41, 5.74) is -0.179. The summed E-state index contributed by atoms with van der Waals surface area (Å²) in [4.78, 5) is 12.9. The summed E-state index contributed by atoms with van der Waals surface area (Å²) in [5, 5.41) is 10.3. The highest BCUT2D eigenvalue weighted by Gasteiger charge is 2.53. The van der Waals surface area contributed by atoms with Crippen LogP contribution < -0.4 is 0 Å². The summed E-state index contributed by atoms with van der Waals surface area (Å²) in [6.07, 6.45) is 10.4. The third-order valence-corrected chi connectivity index (χ3v) is 6.44. The van der Waals surface area contributed by atoms with Crippen LogP contribution in [0.5, 0.6) is 0 Å². The van der Waals surface area contributed by atoms with E-state index in [1.54, 1.807) is 0 Å². The van der Waals surface area contributed by atoms with Gasteiger partial charge in [0.05, 0.1) is 12.4 Å². The Morgan fingerprint density at radius 3 is 2.23 bits per heavy atom. The van der Waals surface area contributed by atoms with Gasteiger partial charge in [0.15, 0.2) is 5.78 Å². The van der Waals surface area contributed by atoms with Gasteiger partial charge in [-0.25, -0.2) is 0 Å². The molecule has 4 bridgehead atoms. The van der Waals surface area contributed by atoms with Gasteiger partial charge in [-0.15, -0.1) is 0 Å². The van der Waals surface area contributed by atoms with E-state index in [1.807, 2.05) is 6.92 Å². The minimum Gasteiger partial charge on any atom is -0.512 e. The quantitative estimate of drug-likeness (QED) is 0.531. The molecular formula is C19H29FO2. The number of aliphatic hydroxyl groups is 1. The van der Waals surface area contributed by atoms with Gasteiger partial charge < -0.3 is 5.11 Å². The zero-order valence-electron chi connectivity index (χ0n) is 13.7. The van der Waals surface area contributed by atoms with Gasteiger partial charge in [-0.2, -0.15) is 0 Å². The summed E-state index contributed by atoms with van der Waals surface area (Å²) in [6, 6.07) is 0. The highest BCUT2D eigenvalue weighted by Crippen LogP contribution is 2.60. The van der Waals surface area contributed by atoms with Crippen LogP contribution in [0.25, 0.3) is 0 Å². The number of hydrogen-bond acceptors (Lipinski definition) is 2. The van der Waals surface area contributed by atoms with Crippen molar-refractivity contribution in [3.05, 3.63) is 11.8 Å². The van der Waals surface area contributed by atoms with Crippen molar-refractivity contribution in [3.63, 3.8) is 0 Å². The average molecular weight is 308 g/mol. The predicted molar refractivity (Wildman–Crippen MR) is 85.3 cm³/mol. The molecule has 0 aromatic heterocycles. The van der Waals surface area contributed by atoms with Crippen LogP contribution in [0.15, 0.2) is 11.8 Å². The topological polar surface area (TPSA) is 37.3 Å².